The van der Waals surface area contributed by atoms with Crippen LogP contribution >= 0.6 is 0 Å². The average molecular weight is 266 g/mol. The quantitative estimate of drug-likeness (QED) is 0.885. The Morgan fingerprint density at radius 1 is 1.42 bits per heavy atom. The van der Waals surface area contributed by atoms with Gasteiger partial charge in [-0.25, -0.2) is 4.39 Å². The summed E-state index contributed by atoms with van der Waals surface area (Å²) in [5.74, 6) is 0.236. The fraction of sp³-hybridized carbons (Fsp3) is 0.600. The third-order valence-corrected chi connectivity index (χ3v) is 3.71. The van der Waals surface area contributed by atoms with E-state index in [1.165, 1.54) is 6.07 Å². The maximum Gasteiger partial charge on any atom is 0.146 e. The van der Waals surface area contributed by atoms with Crippen LogP contribution < -0.4 is 10.2 Å². The molecule has 1 saturated heterocycles. The standard InChI is InChI=1S/C15H23FN2O/c1-3-17-14-8-9-19-11-12(14)10-18(2)15-7-5-4-6-13(15)16/h4-7,12,14,17H,3,8-11H2,1-2H3. The molecule has 2 rings (SSSR count). The molecule has 1 heterocycles. The summed E-state index contributed by atoms with van der Waals surface area (Å²) in [7, 11) is 1.94. The lowest BCUT2D eigenvalue weighted by atomic mass is 9.95. The number of nitrogens with one attached hydrogen (secondary N) is 1. The lowest BCUT2D eigenvalue weighted by Crippen LogP contribution is -2.47. The summed E-state index contributed by atoms with van der Waals surface area (Å²) in [5.41, 5.74) is 0.656. The van der Waals surface area contributed by atoms with Gasteiger partial charge >= 0.3 is 0 Å². The van der Waals surface area contributed by atoms with Gasteiger partial charge in [-0.05, 0) is 25.1 Å². The normalized spacial score (nSPS) is 23.3. The van der Waals surface area contributed by atoms with Crippen molar-refractivity contribution in [1.29, 1.82) is 0 Å². The van der Waals surface area contributed by atoms with E-state index in [9.17, 15) is 4.39 Å². The maximum absolute atomic E-state index is 13.8. The Bertz CT molecular complexity index is 397. The summed E-state index contributed by atoms with van der Waals surface area (Å²) in [5, 5.41) is 3.51. The third kappa shape index (κ3) is 3.67. The number of hydrogen-bond acceptors (Lipinski definition) is 3. The van der Waals surface area contributed by atoms with Gasteiger partial charge in [0.25, 0.3) is 0 Å². The van der Waals surface area contributed by atoms with Crippen molar-refractivity contribution in [2.24, 2.45) is 5.92 Å². The van der Waals surface area contributed by atoms with Crippen LogP contribution in [0.4, 0.5) is 10.1 Å². The van der Waals surface area contributed by atoms with Crippen LogP contribution in [0.3, 0.4) is 0 Å². The molecule has 106 valence electrons. The Morgan fingerprint density at radius 2 is 2.21 bits per heavy atom. The Morgan fingerprint density at radius 3 is 2.95 bits per heavy atom. The number of nitrogens with zero attached hydrogens (tertiary/aromatic N) is 1. The van der Waals surface area contributed by atoms with Gasteiger partial charge in [0.2, 0.25) is 0 Å². The summed E-state index contributed by atoms with van der Waals surface area (Å²) in [4.78, 5) is 1.99. The molecule has 0 amide bonds. The number of anilines is 1. The van der Waals surface area contributed by atoms with Gasteiger partial charge in [-0.1, -0.05) is 19.1 Å². The van der Waals surface area contributed by atoms with Gasteiger partial charge in [-0.2, -0.15) is 0 Å². The van der Waals surface area contributed by atoms with E-state index in [2.05, 4.69) is 12.2 Å². The van der Waals surface area contributed by atoms with E-state index in [-0.39, 0.29) is 5.82 Å². The fourth-order valence-electron chi connectivity index (χ4n) is 2.72. The first-order chi connectivity index (χ1) is 9.22. The van der Waals surface area contributed by atoms with Gasteiger partial charge in [0.05, 0.1) is 12.3 Å². The van der Waals surface area contributed by atoms with Crippen LogP contribution in [0.25, 0.3) is 0 Å². The first-order valence-corrected chi connectivity index (χ1v) is 6.99. The lowest BCUT2D eigenvalue weighted by Gasteiger charge is -2.35. The van der Waals surface area contributed by atoms with Crippen LogP contribution in [0.5, 0.6) is 0 Å². The van der Waals surface area contributed by atoms with Crippen molar-refractivity contribution >= 4 is 5.69 Å². The zero-order chi connectivity index (χ0) is 13.7. The number of halogens is 1. The molecular weight excluding hydrogens is 243 g/mol. The molecule has 2 unspecified atom stereocenters. The van der Waals surface area contributed by atoms with E-state index < -0.39 is 0 Å². The van der Waals surface area contributed by atoms with E-state index in [1.54, 1.807) is 6.07 Å². The lowest BCUT2D eigenvalue weighted by molar-refractivity contribution is 0.0355. The number of benzene rings is 1. The van der Waals surface area contributed by atoms with Crippen molar-refractivity contribution in [3.05, 3.63) is 30.1 Å². The average Bonchev–Trinajstić information content (AvgIpc) is 2.41. The minimum Gasteiger partial charge on any atom is -0.381 e. The van der Waals surface area contributed by atoms with Gasteiger partial charge in [0, 0.05) is 32.2 Å². The van der Waals surface area contributed by atoms with E-state index in [0.29, 0.717) is 17.6 Å². The maximum atomic E-state index is 13.8. The van der Waals surface area contributed by atoms with Crippen molar-refractivity contribution in [1.82, 2.24) is 5.32 Å². The summed E-state index contributed by atoms with van der Waals surface area (Å²) >= 11 is 0. The summed E-state index contributed by atoms with van der Waals surface area (Å²) in [6.45, 7) is 5.45. The molecule has 1 fully saturated rings. The smallest absolute Gasteiger partial charge is 0.146 e. The largest absolute Gasteiger partial charge is 0.381 e. The van der Waals surface area contributed by atoms with Crippen LogP contribution in [0.1, 0.15) is 13.3 Å². The van der Waals surface area contributed by atoms with Gasteiger partial charge < -0.3 is 15.0 Å². The van der Waals surface area contributed by atoms with Crippen molar-refractivity contribution < 1.29 is 9.13 Å². The van der Waals surface area contributed by atoms with Crippen LogP contribution in [-0.2, 0) is 4.74 Å². The Kier molecular flexibility index (Phi) is 5.16. The molecule has 0 spiro atoms. The molecule has 1 aromatic rings. The molecule has 1 aromatic carbocycles. The predicted octanol–water partition coefficient (Wildman–Crippen LogP) is 2.28. The Labute approximate surface area is 114 Å². The number of rotatable bonds is 5. The van der Waals surface area contributed by atoms with Gasteiger partial charge in [-0.15, -0.1) is 0 Å². The minimum atomic E-state index is -0.165. The first-order valence-electron chi connectivity index (χ1n) is 6.99. The molecule has 3 nitrogen and oxygen atoms in total. The molecule has 0 radical (unpaired) electrons. The molecule has 1 aliphatic heterocycles. The molecule has 0 aromatic heterocycles. The van der Waals surface area contributed by atoms with Crippen LogP contribution in [0.2, 0.25) is 0 Å². The van der Waals surface area contributed by atoms with Crippen molar-refractivity contribution in [3.63, 3.8) is 0 Å². The van der Waals surface area contributed by atoms with E-state index in [1.807, 2.05) is 24.1 Å². The van der Waals surface area contributed by atoms with Crippen LogP contribution in [-0.4, -0.2) is 39.4 Å². The monoisotopic (exact) mass is 266 g/mol. The van der Waals surface area contributed by atoms with Gasteiger partial charge in [0.1, 0.15) is 5.82 Å². The van der Waals surface area contributed by atoms with Crippen LogP contribution in [0.15, 0.2) is 24.3 Å². The van der Waals surface area contributed by atoms with Crippen molar-refractivity contribution in [2.45, 2.75) is 19.4 Å². The Balaban J connectivity index is 2.00. The molecule has 0 bridgehead atoms. The number of para-hydroxylation sites is 1. The van der Waals surface area contributed by atoms with E-state index in [0.717, 1.165) is 32.7 Å². The molecule has 19 heavy (non-hydrogen) atoms. The second kappa shape index (κ2) is 6.87. The molecule has 4 heteroatoms. The highest BCUT2D eigenvalue weighted by Gasteiger charge is 2.26. The second-order valence-corrected chi connectivity index (χ2v) is 5.12. The molecule has 0 aliphatic carbocycles. The number of hydrogen-bond donors (Lipinski definition) is 1. The summed E-state index contributed by atoms with van der Waals surface area (Å²) < 4.78 is 19.3. The molecule has 1 N–H and O–H groups in total. The van der Waals surface area contributed by atoms with Gasteiger partial charge in [0.15, 0.2) is 0 Å². The highest BCUT2D eigenvalue weighted by atomic mass is 19.1. The highest BCUT2D eigenvalue weighted by molar-refractivity contribution is 5.46. The zero-order valence-electron chi connectivity index (χ0n) is 11.7. The van der Waals surface area contributed by atoms with Gasteiger partial charge in [-0.3, -0.25) is 0 Å². The highest BCUT2D eigenvalue weighted by Crippen LogP contribution is 2.21. The minimum absolute atomic E-state index is 0.165. The molecule has 2 atom stereocenters. The Hall–Kier alpha value is -1.13. The predicted molar refractivity (Wildman–Crippen MR) is 76.1 cm³/mol. The summed E-state index contributed by atoms with van der Waals surface area (Å²) in [6.07, 6.45) is 1.03. The zero-order valence-corrected chi connectivity index (χ0v) is 11.7. The number of ether oxygens (including phenoxy) is 1. The fourth-order valence-corrected chi connectivity index (χ4v) is 2.72. The van der Waals surface area contributed by atoms with Crippen LogP contribution in [0, 0.1) is 11.7 Å². The second-order valence-electron chi connectivity index (χ2n) is 5.12. The first kappa shape index (κ1) is 14.3. The summed E-state index contributed by atoms with van der Waals surface area (Å²) in [6, 6.07) is 7.38. The van der Waals surface area contributed by atoms with E-state index >= 15 is 0 Å². The molecule has 1 aliphatic rings. The SMILES string of the molecule is CCNC1CCOCC1CN(C)c1ccccc1F. The van der Waals surface area contributed by atoms with Crippen molar-refractivity contribution in [3.8, 4) is 0 Å². The molecule has 0 saturated carbocycles. The third-order valence-electron chi connectivity index (χ3n) is 3.71. The topological polar surface area (TPSA) is 24.5 Å². The van der Waals surface area contributed by atoms with E-state index in [4.69, 9.17) is 4.74 Å². The molecular formula is C15H23FN2O. The van der Waals surface area contributed by atoms with Crippen molar-refractivity contribution in [2.75, 3.05) is 38.3 Å².